The van der Waals surface area contributed by atoms with Gasteiger partial charge in [-0.1, -0.05) is 0 Å². The second-order valence-corrected chi connectivity index (χ2v) is 4.47. The lowest BCUT2D eigenvalue weighted by Gasteiger charge is -2.40. The Morgan fingerprint density at radius 3 is 2.92 bits per heavy atom. The molecular formula is C10H17NO2. The van der Waals surface area contributed by atoms with Crippen LogP contribution >= 0.6 is 0 Å². The molecule has 2 heterocycles. The molecule has 2 saturated heterocycles. The Labute approximate surface area is 79.0 Å². The molecule has 2 fully saturated rings. The van der Waals surface area contributed by atoms with Crippen LogP contribution in [0.1, 0.15) is 26.2 Å². The van der Waals surface area contributed by atoms with E-state index in [1.165, 1.54) is 0 Å². The van der Waals surface area contributed by atoms with Crippen molar-refractivity contribution < 1.29 is 9.53 Å². The lowest BCUT2D eigenvalue weighted by molar-refractivity contribution is -0.118. The zero-order chi connectivity index (χ0) is 9.47. The van der Waals surface area contributed by atoms with E-state index < -0.39 is 0 Å². The fourth-order valence-electron chi connectivity index (χ4n) is 2.38. The van der Waals surface area contributed by atoms with Crippen molar-refractivity contribution in [1.82, 2.24) is 4.90 Å². The summed E-state index contributed by atoms with van der Waals surface area (Å²) in [7, 11) is 2.13. The number of carbonyl (C=O) groups is 1. The Morgan fingerprint density at radius 1 is 1.62 bits per heavy atom. The first kappa shape index (κ1) is 9.16. The highest BCUT2D eigenvalue weighted by atomic mass is 16.5. The van der Waals surface area contributed by atoms with Gasteiger partial charge >= 0.3 is 0 Å². The van der Waals surface area contributed by atoms with Gasteiger partial charge in [0.2, 0.25) is 0 Å². The van der Waals surface area contributed by atoms with E-state index >= 15 is 0 Å². The third-order valence-electron chi connectivity index (χ3n) is 3.40. The molecule has 0 radical (unpaired) electrons. The highest BCUT2D eigenvalue weighted by Gasteiger charge is 2.43. The van der Waals surface area contributed by atoms with Crippen molar-refractivity contribution in [2.24, 2.45) is 0 Å². The van der Waals surface area contributed by atoms with Gasteiger partial charge in [0.05, 0.1) is 5.60 Å². The Morgan fingerprint density at radius 2 is 2.38 bits per heavy atom. The number of likely N-dealkylation sites (tertiary alicyclic amines) is 1. The predicted molar refractivity (Wildman–Crippen MR) is 49.6 cm³/mol. The summed E-state index contributed by atoms with van der Waals surface area (Å²) < 4.78 is 5.64. The van der Waals surface area contributed by atoms with Crippen LogP contribution in [-0.2, 0) is 9.53 Å². The smallest absolute Gasteiger partial charge is 0.161 e. The second-order valence-electron chi connectivity index (χ2n) is 4.47. The van der Waals surface area contributed by atoms with E-state index in [1.54, 1.807) is 0 Å². The van der Waals surface area contributed by atoms with E-state index in [1.807, 2.05) is 0 Å². The van der Waals surface area contributed by atoms with Crippen molar-refractivity contribution in [2.75, 3.05) is 20.2 Å². The standard InChI is InChI=1S/C10H17NO2/c1-8-5-10(3-4-11(8)2)6-9(12)7-13-10/h8H,3-7H2,1-2H3. The van der Waals surface area contributed by atoms with Crippen molar-refractivity contribution in [3.8, 4) is 0 Å². The Balaban J connectivity index is 2.05. The Bertz CT molecular complexity index is 229. The molecule has 13 heavy (non-hydrogen) atoms. The van der Waals surface area contributed by atoms with E-state index in [2.05, 4.69) is 18.9 Å². The summed E-state index contributed by atoms with van der Waals surface area (Å²) in [5.41, 5.74) is -0.0942. The van der Waals surface area contributed by atoms with Gasteiger partial charge in [0.25, 0.3) is 0 Å². The first-order valence-electron chi connectivity index (χ1n) is 4.97. The van der Waals surface area contributed by atoms with Crippen LogP contribution in [0.25, 0.3) is 0 Å². The quantitative estimate of drug-likeness (QED) is 0.557. The summed E-state index contributed by atoms with van der Waals surface area (Å²) >= 11 is 0. The highest BCUT2D eigenvalue weighted by Crippen LogP contribution is 2.36. The third kappa shape index (κ3) is 1.63. The maximum absolute atomic E-state index is 11.2. The highest BCUT2D eigenvalue weighted by molar-refractivity contribution is 5.82. The largest absolute Gasteiger partial charge is 0.367 e. The van der Waals surface area contributed by atoms with Crippen LogP contribution in [0.2, 0.25) is 0 Å². The normalized spacial score (nSPS) is 41.7. The van der Waals surface area contributed by atoms with Gasteiger partial charge in [-0.2, -0.15) is 0 Å². The summed E-state index contributed by atoms with van der Waals surface area (Å²) in [5, 5.41) is 0. The van der Waals surface area contributed by atoms with Gasteiger partial charge in [0, 0.05) is 19.0 Å². The summed E-state index contributed by atoms with van der Waals surface area (Å²) in [5.74, 6) is 0.275. The number of hydrogen-bond acceptors (Lipinski definition) is 3. The van der Waals surface area contributed by atoms with E-state index in [-0.39, 0.29) is 11.4 Å². The van der Waals surface area contributed by atoms with Gasteiger partial charge in [-0.05, 0) is 26.8 Å². The van der Waals surface area contributed by atoms with E-state index in [0.717, 1.165) is 19.4 Å². The third-order valence-corrected chi connectivity index (χ3v) is 3.40. The Kier molecular flexibility index (Phi) is 2.16. The van der Waals surface area contributed by atoms with Crippen LogP contribution in [0.3, 0.4) is 0 Å². The molecule has 2 rings (SSSR count). The molecular weight excluding hydrogens is 166 g/mol. The number of ketones is 1. The molecule has 74 valence electrons. The van der Waals surface area contributed by atoms with Crippen molar-refractivity contribution >= 4 is 5.78 Å². The van der Waals surface area contributed by atoms with Crippen LogP contribution in [0.4, 0.5) is 0 Å². The average molecular weight is 183 g/mol. The molecule has 1 spiro atoms. The molecule has 0 aromatic carbocycles. The van der Waals surface area contributed by atoms with E-state index in [4.69, 9.17) is 4.74 Å². The van der Waals surface area contributed by atoms with Gasteiger partial charge in [-0.15, -0.1) is 0 Å². The van der Waals surface area contributed by atoms with Crippen molar-refractivity contribution in [1.29, 1.82) is 0 Å². The van der Waals surface area contributed by atoms with E-state index in [0.29, 0.717) is 19.1 Å². The molecule has 2 aliphatic heterocycles. The van der Waals surface area contributed by atoms with Crippen LogP contribution < -0.4 is 0 Å². The monoisotopic (exact) mass is 183 g/mol. The van der Waals surface area contributed by atoms with Gasteiger partial charge in [-0.25, -0.2) is 0 Å². The second kappa shape index (κ2) is 3.07. The average Bonchev–Trinajstić information content (AvgIpc) is 2.42. The number of rotatable bonds is 0. The van der Waals surface area contributed by atoms with Gasteiger partial charge in [-0.3, -0.25) is 4.79 Å². The number of piperidine rings is 1. The number of carbonyl (C=O) groups excluding carboxylic acids is 1. The molecule has 0 amide bonds. The fourth-order valence-corrected chi connectivity index (χ4v) is 2.38. The molecule has 3 heteroatoms. The topological polar surface area (TPSA) is 29.5 Å². The predicted octanol–water partition coefficient (Wildman–Crippen LogP) is 0.829. The first-order valence-corrected chi connectivity index (χ1v) is 4.97. The lowest BCUT2D eigenvalue weighted by Crippen LogP contribution is -2.47. The molecule has 0 aliphatic carbocycles. The molecule has 2 unspecified atom stereocenters. The van der Waals surface area contributed by atoms with Crippen LogP contribution in [0, 0.1) is 0 Å². The number of Topliss-reactive ketones (excluding diaryl/α,β-unsaturated/α-hetero) is 1. The Hall–Kier alpha value is -0.410. The van der Waals surface area contributed by atoms with Crippen molar-refractivity contribution in [2.45, 2.75) is 37.8 Å². The molecule has 0 aromatic rings. The summed E-state index contributed by atoms with van der Waals surface area (Å²) in [6, 6.07) is 0.541. The van der Waals surface area contributed by atoms with Crippen LogP contribution in [0.5, 0.6) is 0 Å². The fraction of sp³-hybridized carbons (Fsp3) is 0.900. The van der Waals surface area contributed by atoms with Crippen LogP contribution in [0.15, 0.2) is 0 Å². The number of hydrogen-bond donors (Lipinski definition) is 0. The maximum atomic E-state index is 11.2. The summed E-state index contributed by atoms with van der Waals surface area (Å²) in [6.07, 6.45) is 2.67. The number of ether oxygens (including phenoxy) is 1. The number of nitrogens with zero attached hydrogens (tertiary/aromatic N) is 1. The molecule has 2 atom stereocenters. The summed E-state index contributed by atoms with van der Waals surface area (Å²) in [4.78, 5) is 13.5. The first-order chi connectivity index (χ1) is 6.11. The zero-order valence-electron chi connectivity index (χ0n) is 8.38. The molecule has 0 aromatic heterocycles. The van der Waals surface area contributed by atoms with Crippen LogP contribution in [-0.4, -0.2) is 42.5 Å². The van der Waals surface area contributed by atoms with Crippen molar-refractivity contribution in [3.63, 3.8) is 0 Å². The van der Waals surface area contributed by atoms with Gasteiger partial charge < -0.3 is 9.64 Å². The van der Waals surface area contributed by atoms with Gasteiger partial charge in [0.1, 0.15) is 6.61 Å². The molecule has 2 aliphatic rings. The summed E-state index contributed by atoms with van der Waals surface area (Å²) in [6.45, 7) is 3.60. The molecule has 0 saturated carbocycles. The van der Waals surface area contributed by atoms with E-state index in [9.17, 15) is 4.79 Å². The minimum Gasteiger partial charge on any atom is -0.367 e. The molecule has 0 N–H and O–H groups in total. The molecule has 3 nitrogen and oxygen atoms in total. The minimum absolute atomic E-state index is 0.0942. The van der Waals surface area contributed by atoms with Gasteiger partial charge in [0.15, 0.2) is 5.78 Å². The van der Waals surface area contributed by atoms with Crippen molar-refractivity contribution in [3.05, 3.63) is 0 Å². The molecule has 0 bridgehead atoms. The zero-order valence-corrected chi connectivity index (χ0v) is 8.38. The maximum Gasteiger partial charge on any atom is 0.161 e. The minimum atomic E-state index is -0.0942. The SMILES string of the molecule is CC1CC2(CCN1C)CC(=O)CO2. The lowest BCUT2D eigenvalue weighted by atomic mass is 9.85.